The Bertz CT molecular complexity index is 1690. The third-order valence-electron chi connectivity index (χ3n) is 7.92. The van der Waals surface area contributed by atoms with Crippen molar-refractivity contribution in [1.82, 2.24) is 39.6 Å². The summed E-state index contributed by atoms with van der Waals surface area (Å²) in [6, 6.07) is 20.9. The molecule has 0 amide bonds. The third-order valence-corrected chi connectivity index (χ3v) is 9.69. The average molecular weight is 712 g/mol. The lowest BCUT2D eigenvalue weighted by Crippen LogP contribution is -2.32. The highest BCUT2D eigenvalue weighted by molar-refractivity contribution is 7.92. The summed E-state index contributed by atoms with van der Waals surface area (Å²) >= 11 is 0. The Morgan fingerprint density at radius 3 is 1.85 bits per heavy atom. The summed E-state index contributed by atoms with van der Waals surface area (Å²) in [6.45, 7) is 5.60. The molecule has 3 aromatic carbocycles. The van der Waals surface area contributed by atoms with Crippen LogP contribution in [-0.4, -0.2) is 54.7 Å². The van der Waals surface area contributed by atoms with E-state index < -0.39 is 10.0 Å². The van der Waals surface area contributed by atoms with Crippen molar-refractivity contribution in [3.05, 3.63) is 83.9 Å². The summed E-state index contributed by atoms with van der Waals surface area (Å²) in [4.78, 5) is 18.8. The van der Waals surface area contributed by atoms with E-state index in [-0.39, 0.29) is 65.6 Å². The van der Waals surface area contributed by atoms with E-state index in [4.69, 9.17) is 15.0 Å². The van der Waals surface area contributed by atoms with Gasteiger partial charge in [-0.15, -0.1) is 12.4 Å². The smallest absolute Gasteiger partial charge is 0.264 e. The van der Waals surface area contributed by atoms with Crippen molar-refractivity contribution in [1.29, 1.82) is 0 Å². The number of benzene rings is 3. The lowest BCUT2D eigenvalue weighted by Gasteiger charge is -2.28. The molecule has 2 aliphatic heterocycles. The van der Waals surface area contributed by atoms with Crippen LogP contribution < -0.4 is 44.0 Å². The summed E-state index contributed by atoms with van der Waals surface area (Å²) in [5.74, 6) is 1.51. The molecule has 272 valence electrons. The van der Waals surface area contributed by atoms with E-state index in [1.165, 1.54) is 16.8 Å². The zero-order chi connectivity index (χ0) is 29.8. The molecule has 0 radical (unpaired) electrons. The number of nitrogens with one attached hydrogen (secondary N) is 1. The monoisotopic (exact) mass is 711 g/mol. The summed E-state index contributed by atoms with van der Waals surface area (Å²) in [7, 11) is -3.99. The van der Waals surface area contributed by atoms with E-state index >= 15 is 0 Å². The number of hydrogen-bond acceptors (Lipinski definition) is 13. The number of aromatic hydroxyl groups is 1. The lowest BCUT2D eigenvalue weighted by molar-refractivity contribution is 0.475. The van der Waals surface area contributed by atoms with Crippen LogP contribution in [0.5, 0.6) is 5.75 Å². The van der Waals surface area contributed by atoms with Crippen LogP contribution in [0.25, 0.3) is 0 Å². The van der Waals surface area contributed by atoms with E-state index in [2.05, 4.69) is 15.1 Å². The summed E-state index contributed by atoms with van der Waals surface area (Å²) in [6.07, 6.45) is 5.63. The van der Waals surface area contributed by atoms with E-state index in [9.17, 15) is 13.5 Å². The highest BCUT2D eigenvalue weighted by Crippen LogP contribution is 2.36. The molecule has 0 saturated carbocycles. The second-order valence-corrected chi connectivity index (χ2v) is 13.0. The summed E-state index contributed by atoms with van der Waals surface area (Å²) in [5.41, 5.74) is 2.47. The third kappa shape index (κ3) is 9.43. The molecule has 14 N–H and O–H groups in total. The van der Waals surface area contributed by atoms with E-state index in [1.54, 1.807) is 36.4 Å². The summed E-state index contributed by atoms with van der Waals surface area (Å²) in [5, 5.41) is 14.5. The number of aryl methyl sites for hydroxylation is 1. The molecule has 48 heavy (non-hydrogen) atoms. The van der Waals surface area contributed by atoms with E-state index in [0.717, 1.165) is 63.0 Å². The minimum atomic E-state index is -3.99. The number of piperidine rings is 1. The van der Waals surface area contributed by atoms with Crippen molar-refractivity contribution < 1.29 is 19.2 Å². The quantitative estimate of drug-likeness (QED) is 0.0975. The van der Waals surface area contributed by atoms with Gasteiger partial charge in [-0.1, -0.05) is 48.0 Å². The van der Waals surface area contributed by atoms with Gasteiger partial charge in [-0.05, 0) is 68.9 Å². The number of rotatable bonds is 9. The molecule has 0 aliphatic carbocycles. The molecule has 0 bridgehead atoms. The first-order valence-electron chi connectivity index (χ1n) is 14.9. The fraction of sp³-hybridized carbons (Fsp3) is 0.344. The minimum absolute atomic E-state index is 0. The van der Waals surface area contributed by atoms with Gasteiger partial charge in [-0.2, -0.15) is 15.0 Å². The highest BCUT2D eigenvalue weighted by Gasteiger charge is 2.28. The molecule has 14 nitrogen and oxygen atoms in total. The Morgan fingerprint density at radius 1 is 0.771 bits per heavy atom. The normalized spacial score (nSPS) is 13.9. The first kappa shape index (κ1) is 41.8. The number of phenols is 1. The van der Waals surface area contributed by atoms with Gasteiger partial charge < -0.3 is 44.8 Å². The molecular formula is C32H58ClN11O3S. The Balaban J connectivity index is -0.00000128. The Kier molecular flexibility index (Phi) is 16.0. The van der Waals surface area contributed by atoms with Crippen LogP contribution in [0.1, 0.15) is 48.9 Å². The number of nitrogens with zero attached hydrogens (tertiary/aromatic N) is 6. The zero-order valence-electron chi connectivity index (χ0n) is 27.6. The number of aromatic nitrogens is 3. The highest BCUT2D eigenvalue weighted by atomic mass is 35.5. The molecule has 2 fully saturated rings. The Morgan fingerprint density at radius 2 is 1.31 bits per heavy atom. The van der Waals surface area contributed by atoms with E-state index in [1.807, 2.05) is 37.3 Å². The molecule has 0 atom stereocenters. The number of anilines is 5. The number of phenolic OH excluding ortho intramolecular Hbond substituents is 1. The molecule has 0 spiro atoms. The average Bonchev–Trinajstić information content (AvgIpc) is 3.57. The van der Waals surface area contributed by atoms with Crippen LogP contribution >= 0.6 is 12.4 Å². The minimum Gasteiger partial charge on any atom is -0.506 e. The Hall–Kier alpha value is -4.25. The van der Waals surface area contributed by atoms with Crippen LogP contribution in [-0.2, 0) is 16.6 Å². The maximum Gasteiger partial charge on any atom is 0.264 e. The lowest BCUT2D eigenvalue weighted by atomic mass is 10.1. The van der Waals surface area contributed by atoms with Crippen LogP contribution in [0.4, 0.5) is 29.2 Å². The van der Waals surface area contributed by atoms with E-state index in [0.29, 0.717) is 23.5 Å². The van der Waals surface area contributed by atoms with Crippen molar-refractivity contribution in [2.45, 2.75) is 50.5 Å². The van der Waals surface area contributed by atoms with Crippen LogP contribution in [0.15, 0.2) is 77.7 Å². The largest absolute Gasteiger partial charge is 0.506 e. The van der Waals surface area contributed by atoms with Crippen LogP contribution in [0, 0.1) is 6.92 Å². The SMILES string of the molecule is Cc1ccc(S(=O)(=O)N(Cc2ccccc2)c2ccc(Nc3nc(N4CCCCC4)nc(N4CCCC4)n3)cc2O)cc1.Cl.N.N.N.N.[HH].[HH].[HH].[HH]. The van der Waals surface area contributed by atoms with Gasteiger partial charge in [-0.25, -0.2) is 8.42 Å². The van der Waals surface area contributed by atoms with Gasteiger partial charge in [0.1, 0.15) is 5.75 Å². The standard InChI is InChI=1S/C32H37N7O3S.ClH.4H3N.4H2/c1-24-12-15-27(16-13-24)43(41,42)39(23-25-10-4-2-5-11-25)28-17-14-26(22-29(28)40)33-30-34-31(37-18-6-3-7-19-37)36-32(35-30)38-20-8-9-21-38;;;;;;;;;/h2,4-5,10-17,22,40H,3,6-9,18-21,23H2,1H3,(H,33,34,35,36);1H;4*1H3;4*1H. The van der Waals surface area contributed by atoms with Crippen molar-refractivity contribution in [2.24, 2.45) is 0 Å². The van der Waals surface area contributed by atoms with Gasteiger partial charge in [0.15, 0.2) is 0 Å². The van der Waals surface area contributed by atoms with Gasteiger partial charge in [0.2, 0.25) is 17.8 Å². The predicted molar refractivity (Wildman–Crippen MR) is 206 cm³/mol. The molecule has 4 aromatic rings. The van der Waals surface area contributed by atoms with Gasteiger partial charge in [0, 0.05) is 43.6 Å². The molecule has 2 saturated heterocycles. The first-order valence-corrected chi connectivity index (χ1v) is 16.3. The topological polar surface area (TPSA) is 255 Å². The second kappa shape index (κ2) is 18.3. The molecule has 16 heteroatoms. The summed E-state index contributed by atoms with van der Waals surface area (Å²) < 4.78 is 29.0. The van der Waals surface area contributed by atoms with Crippen molar-refractivity contribution in [3.8, 4) is 5.75 Å². The fourth-order valence-electron chi connectivity index (χ4n) is 5.53. The predicted octanol–water partition coefficient (Wildman–Crippen LogP) is 7.67. The number of sulfonamides is 1. The van der Waals surface area contributed by atoms with Gasteiger partial charge in [0.05, 0.1) is 17.1 Å². The second-order valence-electron chi connectivity index (χ2n) is 11.1. The van der Waals surface area contributed by atoms with Crippen LogP contribution in [0.2, 0.25) is 0 Å². The zero-order valence-corrected chi connectivity index (χ0v) is 29.2. The molecule has 3 heterocycles. The number of hydrogen-bond donors (Lipinski definition) is 6. The van der Waals surface area contributed by atoms with Gasteiger partial charge >= 0.3 is 0 Å². The fourth-order valence-corrected chi connectivity index (χ4v) is 7.00. The van der Waals surface area contributed by atoms with Crippen molar-refractivity contribution >= 4 is 51.7 Å². The van der Waals surface area contributed by atoms with Gasteiger partial charge in [0.25, 0.3) is 10.0 Å². The molecule has 6 rings (SSSR count). The van der Waals surface area contributed by atoms with Crippen molar-refractivity contribution in [3.63, 3.8) is 0 Å². The molecule has 1 aromatic heterocycles. The molecule has 0 unspecified atom stereocenters. The maximum absolute atomic E-state index is 13.9. The number of halogens is 1. The van der Waals surface area contributed by atoms with Crippen LogP contribution in [0.3, 0.4) is 0 Å². The van der Waals surface area contributed by atoms with Gasteiger partial charge in [-0.3, -0.25) is 4.31 Å². The Labute approximate surface area is 295 Å². The first-order chi connectivity index (χ1) is 20.9. The maximum atomic E-state index is 13.9. The van der Waals surface area contributed by atoms with Crippen molar-refractivity contribution in [2.75, 3.05) is 45.6 Å². The molecule has 2 aliphatic rings. The molecular weight excluding hydrogens is 654 g/mol.